The van der Waals surface area contributed by atoms with Crippen molar-refractivity contribution in [1.29, 1.82) is 0 Å². The normalized spacial score (nSPS) is 11.3. The molecule has 0 aliphatic rings. The number of aromatic nitrogens is 1. The predicted molar refractivity (Wildman–Crippen MR) is 78.3 cm³/mol. The number of ether oxygens (including phenoxy) is 1. The Bertz CT molecular complexity index is 312. The first-order valence-electron chi connectivity index (χ1n) is 6.87. The zero-order valence-electron chi connectivity index (χ0n) is 11.9. The van der Waals surface area contributed by atoms with Crippen molar-refractivity contribution in [1.82, 2.24) is 10.3 Å². The standard InChI is InChI=1S/C14H26N2OS/c1-12(2)10-15-7-4-5-8-17-9-6-14-13(3)16-11-18-14/h11-12,15H,4-10H2,1-3H3. The minimum atomic E-state index is 0.740. The molecule has 18 heavy (non-hydrogen) atoms. The van der Waals surface area contributed by atoms with Gasteiger partial charge in [0.25, 0.3) is 0 Å². The highest BCUT2D eigenvalue weighted by Crippen LogP contribution is 2.12. The molecule has 4 heteroatoms. The molecule has 1 aromatic rings. The molecular weight excluding hydrogens is 244 g/mol. The average Bonchev–Trinajstić information content (AvgIpc) is 2.72. The smallest absolute Gasteiger partial charge is 0.0797 e. The maximum Gasteiger partial charge on any atom is 0.0797 e. The topological polar surface area (TPSA) is 34.1 Å². The van der Waals surface area contributed by atoms with Gasteiger partial charge in [0.05, 0.1) is 17.8 Å². The Labute approximate surface area is 115 Å². The maximum absolute atomic E-state index is 5.64. The van der Waals surface area contributed by atoms with Crippen molar-refractivity contribution in [3.8, 4) is 0 Å². The van der Waals surface area contributed by atoms with Crippen LogP contribution in [0.2, 0.25) is 0 Å². The summed E-state index contributed by atoms with van der Waals surface area (Å²) >= 11 is 1.73. The first-order chi connectivity index (χ1) is 8.70. The number of rotatable bonds is 10. The summed E-state index contributed by atoms with van der Waals surface area (Å²) in [4.78, 5) is 5.59. The van der Waals surface area contributed by atoms with E-state index in [1.807, 2.05) is 5.51 Å². The van der Waals surface area contributed by atoms with Gasteiger partial charge >= 0.3 is 0 Å². The number of nitrogens with zero attached hydrogens (tertiary/aromatic N) is 1. The van der Waals surface area contributed by atoms with Crippen molar-refractivity contribution in [2.45, 2.75) is 40.0 Å². The van der Waals surface area contributed by atoms with E-state index in [1.165, 1.54) is 11.3 Å². The minimum absolute atomic E-state index is 0.740. The van der Waals surface area contributed by atoms with E-state index in [2.05, 4.69) is 31.1 Å². The van der Waals surface area contributed by atoms with Crippen LogP contribution >= 0.6 is 11.3 Å². The third kappa shape index (κ3) is 7.09. The Hall–Kier alpha value is -0.450. The van der Waals surface area contributed by atoms with Crippen LogP contribution in [0.5, 0.6) is 0 Å². The first kappa shape index (κ1) is 15.6. The second kappa shape index (κ2) is 9.48. The first-order valence-corrected chi connectivity index (χ1v) is 7.75. The molecular formula is C14H26N2OS. The Balaban J connectivity index is 1.86. The molecule has 0 amide bonds. The lowest BCUT2D eigenvalue weighted by molar-refractivity contribution is 0.133. The fourth-order valence-electron chi connectivity index (χ4n) is 1.68. The molecule has 0 spiro atoms. The van der Waals surface area contributed by atoms with Gasteiger partial charge < -0.3 is 10.1 Å². The largest absolute Gasteiger partial charge is 0.381 e. The van der Waals surface area contributed by atoms with Crippen LogP contribution in [0.1, 0.15) is 37.3 Å². The summed E-state index contributed by atoms with van der Waals surface area (Å²) in [6.45, 7) is 10.5. The molecule has 0 atom stereocenters. The van der Waals surface area contributed by atoms with Crippen molar-refractivity contribution in [3.63, 3.8) is 0 Å². The molecule has 0 bridgehead atoms. The highest BCUT2D eigenvalue weighted by Gasteiger charge is 2.00. The predicted octanol–water partition coefficient (Wildman–Crippen LogP) is 3.04. The van der Waals surface area contributed by atoms with Gasteiger partial charge in [-0.1, -0.05) is 13.8 Å². The second-order valence-electron chi connectivity index (χ2n) is 5.03. The van der Waals surface area contributed by atoms with E-state index >= 15 is 0 Å². The number of unbranched alkanes of at least 4 members (excludes halogenated alkanes) is 1. The van der Waals surface area contributed by atoms with Gasteiger partial charge in [-0.05, 0) is 38.8 Å². The Morgan fingerprint density at radius 2 is 2.17 bits per heavy atom. The highest BCUT2D eigenvalue weighted by molar-refractivity contribution is 7.09. The summed E-state index contributed by atoms with van der Waals surface area (Å²) in [5.74, 6) is 0.740. The Kier molecular flexibility index (Phi) is 8.22. The van der Waals surface area contributed by atoms with Gasteiger partial charge in [0.15, 0.2) is 0 Å². The van der Waals surface area contributed by atoms with Crippen LogP contribution in [-0.2, 0) is 11.2 Å². The van der Waals surface area contributed by atoms with Crippen LogP contribution in [0.25, 0.3) is 0 Å². The third-order valence-electron chi connectivity index (χ3n) is 2.76. The number of nitrogens with one attached hydrogen (secondary N) is 1. The molecule has 1 aromatic heterocycles. The molecule has 0 saturated heterocycles. The zero-order valence-corrected chi connectivity index (χ0v) is 12.7. The summed E-state index contributed by atoms with van der Waals surface area (Å²) < 4.78 is 5.64. The van der Waals surface area contributed by atoms with E-state index in [9.17, 15) is 0 Å². The summed E-state index contributed by atoms with van der Waals surface area (Å²) in [7, 11) is 0. The maximum atomic E-state index is 5.64. The quantitative estimate of drug-likeness (QED) is 0.664. The molecule has 1 heterocycles. The van der Waals surface area contributed by atoms with Crippen LogP contribution in [0.3, 0.4) is 0 Å². The molecule has 0 fully saturated rings. The van der Waals surface area contributed by atoms with Gasteiger partial charge in [0.1, 0.15) is 0 Å². The minimum Gasteiger partial charge on any atom is -0.381 e. The molecule has 0 aromatic carbocycles. The fraction of sp³-hybridized carbons (Fsp3) is 0.786. The molecule has 0 unspecified atom stereocenters. The molecule has 0 aliphatic heterocycles. The summed E-state index contributed by atoms with van der Waals surface area (Å²) in [5, 5.41) is 3.44. The van der Waals surface area contributed by atoms with Crippen LogP contribution in [0, 0.1) is 12.8 Å². The molecule has 1 N–H and O–H groups in total. The van der Waals surface area contributed by atoms with E-state index < -0.39 is 0 Å². The van der Waals surface area contributed by atoms with Gasteiger partial charge in [-0.2, -0.15) is 0 Å². The second-order valence-corrected chi connectivity index (χ2v) is 5.97. The van der Waals surface area contributed by atoms with Gasteiger partial charge in [-0.3, -0.25) is 0 Å². The summed E-state index contributed by atoms with van der Waals surface area (Å²) in [6, 6.07) is 0. The molecule has 0 saturated carbocycles. The van der Waals surface area contributed by atoms with E-state index in [-0.39, 0.29) is 0 Å². The lowest BCUT2D eigenvalue weighted by Crippen LogP contribution is -2.20. The highest BCUT2D eigenvalue weighted by atomic mass is 32.1. The Morgan fingerprint density at radius 3 is 2.83 bits per heavy atom. The van der Waals surface area contributed by atoms with Gasteiger partial charge in [0.2, 0.25) is 0 Å². The SMILES string of the molecule is Cc1ncsc1CCOCCCCNCC(C)C. The monoisotopic (exact) mass is 270 g/mol. The van der Waals surface area contributed by atoms with Crippen LogP contribution < -0.4 is 5.32 Å². The van der Waals surface area contributed by atoms with Crippen LogP contribution in [0.4, 0.5) is 0 Å². The summed E-state index contributed by atoms with van der Waals surface area (Å²) in [5.41, 5.74) is 3.06. The third-order valence-corrected chi connectivity index (χ3v) is 3.76. The summed E-state index contributed by atoms with van der Waals surface area (Å²) in [6.07, 6.45) is 3.35. The van der Waals surface area contributed by atoms with E-state index in [0.717, 1.165) is 50.8 Å². The van der Waals surface area contributed by atoms with Crippen LogP contribution in [-0.4, -0.2) is 31.3 Å². The van der Waals surface area contributed by atoms with E-state index in [4.69, 9.17) is 4.74 Å². The molecule has 0 aliphatic carbocycles. The molecule has 0 radical (unpaired) electrons. The number of hydrogen-bond donors (Lipinski definition) is 1. The van der Waals surface area contributed by atoms with Crippen molar-refractivity contribution >= 4 is 11.3 Å². The molecule has 1 rings (SSSR count). The van der Waals surface area contributed by atoms with Crippen molar-refractivity contribution in [2.24, 2.45) is 5.92 Å². The van der Waals surface area contributed by atoms with Crippen molar-refractivity contribution < 1.29 is 4.74 Å². The van der Waals surface area contributed by atoms with Crippen molar-refractivity contribution in [3.05, 3.63) is 16.1 Å². The molecule has 3 nitrogen and oxygen atoms in total. The molecule has 104 valence electrons. The van der Waals surface area contributed by atoms with Gasteiger partial charge in [-0.15, -0.1) is 11.3 Å². The average molecular weight is 270 g/mol. The Morgan fingerprint density at radius 1 is 1.33 bits per heavy atom. The number of hydrogen-bond acceptors (Lipinski definition) is 4. The fourth-order valence-corrected chi connectivity index (χ4v) is 2.44. The van der Waals surface area contributed by atoms with Gasteiger partial charge in [0, 0.05) is 17.9 Å². The van der Waals surface area contributed by atoms with Gasteiger partial charge in [-0.25, -0.2) is 4.98 Å². The van der Waals surface area contributed by atoms with E-state index in [1.54, 1.807) is 11.3 Å². The lowest BCUT2D eigenvalue weighted by atomic mass is 10.2. The number of thiazole rings is 1. The van der Waals surface area contributed by atoms with Crippen LogP contribution in [0.15, 0.2) is 5.51 Å². The number of aryl methyl sites for hydroxylation is 1. The van der Waals surface area contributed by atoms with Crippen molar-refractivity contribution in [2.75, 3.05) is 26.3 Å². The van der Waals surface area contributed by atoms with E-state index in [0.29, 0.717) is 0 Å². The zero-order chi connectivity index (χ0) is 13.2. The lowest BCUT2D eigenvalue weighted by Gasteiger charge is -2.07.